The fourth-order valence-corrected chi connectivity index (χ4v) is 2.21. The van der Waals surface area contributed by atoms with Crippen molar-refractivity contribution >= 4 is 10.9 Å². The van der Waals surface area contributed by atoms with Gasteiger partial charge in [0.05, 0.1) is 23.9 Å². The number of oxazole rings is 1. The van der Waals surface area contributed by atoms with Gasteiger partial charge in [0.25, 0.3) is 0 Å². The standard InChI is InChI=1S/C15H13N3O/c1-10-11(2)19-15(17-10)9-18-7-6-13-12(8-16)4-3-5-14(13)18/h3-7H,9H2,1-2H3. The molecule has 0 unspecified atom stereocenters. The molecule has 4 nitrogen and oxygen atoms in total. The molecule has 19 heavy (non-hydrogen) atoms. The molecule has 0 spiro atoms. The molecule has 2 aromatic heterocycles. The molecule has 1 aromatic carbocycles. The zero-order valence-corrected chi connectivity index (χ0v) is 10.8. The molecule has 94 valence electrons. The summed E-state index contributed by atoms with van der Waals surface area (Å²) in [7, 11) is 0. The Kier molecular flexibility index (Phi) is 2.60. The molecule has 0 atom stereocenters. The Balaban J connectivity index is 2.05. The van der Waals surface area contributed by atoms with E-state index in [0.717, 1.165) is 22.4 Å². The zero-order valence-electron chi connectivity index (χ0n) is 10.8. The predicted octanol–water partition coefficient (Wildman–Crippen LogP) is 3.17. The Labute approximate surface area is 110 Å². The molecular formula is C15H13N3O. The largest absolute Gasteiger partial charge is 0.444 e. The van der Waals surface area contributed by atoms with Gasteiger partial charge < -0.3 is 8.98 Å². The van der Waals surface area contributed by atoms with E-state index in [1.165, 1.54) is 0 Å². The van der Waals surface area contributed by atoms with Crippen molar-refractivity contribution in [2.45, 2.75) is 20.4 Å². The van der Waals surface area contributed by atoms with Gasteiger partial charge in [-0.2, -0.15) is 5.26 Å². The second-order valence-corrected chi connectivity index (χ2v) is 4.54. The number of hydrogen-bond donors (Lipinski definition) is 0. The molecule has 2 heterocycles. The van der Waals surface area contributed by atoms with Crippen molar-refractivity contribution in [1.82, 2.24) is 9.55 Å². The average molecular weight is 251 g/mol. The van der Waals surface area contributed by atoms with Crippen LogP contribution in [0, 0.1) is 25.2 Å². The molecule has 4 heteroatoms. The molecule has 0 aliphatic rings. The van der Waals surface area contributed by atoms with E-state index >= 15 is 0 Å². The highest BCUT2D eigenvalue weighted by molar-refractivity contribution is 5.86. The number of aromatic nitrogens is 2. The van der Waals surface area contributed by atoms with Gasteiger partial charge >= 0.3 is 0 Å². The minimum absolute atomic E-state index is 0.576. The van der Waals surface area contributed by atoms with Gasteiger partial charge in [0.2, 0.25) is 5.89 Å². The molecule has 0 saturated carbocycles. The summed E-state index contributed by atoms with van der Waals surface area (Å²) in [6.07, 6.45) is 1.96. The van der Waals surface area contributed by atoms with Gasteiger partial charge in [-0.25, -0.2) is 4.98 Å². The van der Waals surface area contributed by atoms with E-state index in [1.807, 2.05) is 48.9 Å². The van der Waals surface area contributed by atoms with Crippen LogP contribution in [0.25, 0.3) is 10.9 Å². The second-order valence-electron chi connectivity index (χ2n) is 4.54. The highest BCUT2D eigenvalue weighted by Crippen LogP contribution is 2.21. The van der Waals surface area contributed by atoms with Gasteiger partial charge in [-0.3, -0.25) is 0 Å². The Morgan fingerprint density at radius 3 is 2.84 bits per heavy atom. The fourth-order valence-electron chi connectivity index (χ4n) is 2.21. The summed E-state index contributed by atoms with van der Waals surface area (Å²) in [5.74, 6) is 1.54. The maximum absolute atomic E-state index is 9.08. The summed E-state index contributed by atoms with van der Waals surface area (Å²) in [5, 5.41) is 10.0. The number of hydrogen-bond acceptors (Lipinski definition) is 3. The van der Waals surface area contributed by atoms with E-state index in [4.69, 9.17) is 9.68 Å². The van der Waals surface area contributed by atoms with Crippen LogP contribution in [0.4, 0.5) is 0 Å². The number of nitriles is 1. The van der Waals surface area contributed by atoms with Gasteiger partial charge in [-0.1, -0.05) is 6.07 Å². The summed E-state index contributed by atoms with van der Waals surface area (Å²) in [6, 6.07) is 9.88. The van der Waals surface area contributed by atoms with Crippen LogP contribution in [0.15, 0.2) is 34.9 Å². The molecule has 3 rings (SSSR count). The Hall–Kier alpha value is -2.54. The number of fused-ring (bicyclic) bond motifs is 1. The molecule has 0 saturated heterocycles. The van der Waals surface area contributed by atoms with Crippen molar-refractivity contribution in [3.63, 3.8) is 0 Å². The first-order chi connectivity index (χ1) is 9.19. The van der Waals surface area contributed by atoms with Gasteiger partial charge in [-0.15, -0.1) is 0 Å². The lowest BCUT2D eigenvalue weighted by Crippen LogP contribution is -1.98. The van der Waals surface area contributed by atoms with Crippen molar-refractivity contribution in [1.29, 1.82) is 5.26 Å². The van der Waals surface area contributed by atoms with Crippen LogP contribution in [0.1, 0.15) is 22.9 Å². The minimum atomic E-state index is 0.576. The molecule has 0 fully saturated rings. The van der Waals surface area contributed by atoms with Gasteiger partial charge in [0, 0.05) is 17.1 Å². The van der Waals surface area contributed by atoms with Crippen LogP contribution in [-0.2, 0) is 6.54 Å². The lowest BCUT2D eigenvalue weighted by atomic mass is 10.1. The van der Waals surface area contributed by atoms with Crippen LogP contribution in [0.3, 0.4) is 0 Å². The normalized spacial score (nSPS) is 10.8. The summed E-state index contributed by atoms with van der Waals surface area (Å²) < 4.78 is 7.64. The first-order valence-electron chi connectivity index (χ1n) is 6.10. The Morgan fingerprint density at radius 2 is 2.16 bits per heavy atom. The Bertz CT molecular complexity index is 770. The van der Waals surface area contributed by atoms with Crippen LogP contribution in [0.2, 0.25) is 0 Å². The highest BCUT2D eigenvalue weighted by Gasteiger charge is 2.09. The number of aryl methyl sites for hydroxylation is 2. The molecule has 0 bridgehead atoms. The van der Waals surface area contributed by atoms with E-state index in [0.29, 0.717) is 18.0 Å². The predicted molar refractivity (Wildman–Crippen MR) is 71.7 cm³/mol. The third kappa shape index (κ3) is 1.89. The van der Waals surface area contributed by atoms with Crippen molar-refractivity contribution in [2.24, 2.45) is 0 Å². The van der Waals surface area contributed by atoms with Crippen molar-refractivity contribution in [3.8, 4) is 6.07 Å². The second kappa shape index (κ2) is 4.29. The smallest absolute Gasteiger partial charge is 0.214 e. The topological polar surface area (TPSA) is 54.8 Å². The van der Waals surface area contributed by atoms with Gasteiger partial charge in [0.15, 0.2) is 0 Å². The van der Waals surface area contributed by atoms with E-state index in [2.05, 4.69) is 11.1 Å². The number of nitrogens with zero attached hydrogens (tertiary/aromatic N) is 3. The van der Waals surface area contributed by atoms with E-state index in [9.17, 15) is 0 Å². The SMILES string of the molecule is Cc1nc(Cn2ccc3c(C#N)cccc32)oc1C. The quantitative estimate of drug-likeness (QED) is 0.703. The first kappa shape index (κ1) is 11.5. The summed E-state index contributed by atoms with van der Waals surface area (Å²) in [5.41, 5.74) is 2.63. The zero-order chi connectivity index (χ0) is 13.4. The fraction of sp³-hybridized carbons (Fsp3) is 0.200. The van der Waals surface area contributed by atoms with Crippen LogP contribution >= 0.6 is 0 Å². The monoisotopic (exact) mass is 251 g/mol. The molecule has 0 aliphatic carbocycles. The Morgan fingerprint density at radius 1 is 1.32 bits per heavy atom. The summed E-state index contributed by atoms with van der Waals surface area (Å²) >= 11 is 0. The number of rotatable bonds is 2. The third-order valence-electron chi connectivity index (χ3n) is 3.31. The summed E-state index contributed by atoms with van der Waals surface area (Å²) in [4.78, 5) is 4.38. The van der Waals surface area contributed by atoms with Gasteiger partial charge in [-0.05, 0) is 32.0 Å². The van der Waals surface area contributed by atoms with Crippen LogP contribution in [-0.4, -0.2) is 9.55 Å². The van der Waals surface area contributed by atoms with Crippen molar-refractivity contribution < 1.29 is 4.42 Å². The third-order valence-corrected chi connectivity index (χ3v) is 3.31. The first-order valence-corrected chi connectivity index (χ1v) is 6.10. The molecule has 0 aliphatic heterocycles. The molecular weight excluding hydrogens is 238 g/mol. The minimum Gasteiger partial charge on any atom is -0.444 e. The van der Waals surface area contributed by atoms with E-state index in [1.54, 1.807) is 0 Å². The molecule has 0 N–H and O–H groups in total. The number of benzene rings is 1. The average Bonchev–Trinajstić information content (AvgIpc) is 2.95. The lowest BCUT2D eigenvalue weighted by Gasteiger charge is -2.02. The van der Waals surface area contributed by atoms with Gasteiger partial charge in [0.1, 0.15) is 5.76 Å². The summed E-state index contributed by atoms with van der Waals surface area (Å²) in [6.45, 7) is 4.42. The van der Waals surface area contributed by atoms with Crippen LogP contribution in [0.5, 0.6) is 0 Å². The van der Waals surface area contributed by atoms with Crippen molar-refractivity contribution in [2.75, 3.05) is 0 Å². The maximum atomic E-state index is 9.08. The molecule has 0 amide bonds. The molecule has 0 radical (unpaired) electrons. The van der Waals surface area contributed by atoms with E-state index in [-0.39, 0.29) is 0 Å². The lowest BCUT2D eigenvalue weighted by molar-refractivity contribution is 0.459. The van der Waals surface area contributed by atoms with E-state index < -0.39 is 0 Å². The molecule has 3 aromatic rings. The van der Waals surface area contributed by atoms with Crippen molar-refractivity contribution in [3.05, 3.63) is 53.4 Å². The maximum Gasteiger partial charge on any atom is 0.214 e. The highest BCUT2D eigenvalue weighted by atomic mass is 16.4. The van der Waals surface area contributed by atoms with Crippen LogP contribution < -0.4 is 0 Å².